The Kier molecular flexibility index (Phi) is 7.02. The van der Waals surface area contributed by atoms with E-state index in [1.54, 1.807) is 6.07 Å². The predicted octanol–water partition coefficient (Wildman–Crippen LogP) is 2.33. The van der Waals surface area contributed by atoms with Crippen molar-refractivity contribution in [1.29, 1.82) is 0 Å². The monoisotopic (exact) mass is 460 g/mol. The minimum absolute atomic E-state index is 0.0184. The van der Waals surface area contributed by atoms with Crippen molar-refractivity contribution >= 4 is 28.6 Å². The number of nitrogens with zero attached hydrogens (tertiary/aromatic N) is 4. The number of carbonyl (C=O) groups is 1. The lowest BCUT2D eigenvalue weighted by atomic mass is 10.1. The normalized spacial score (nSPS) is 21.0. The number of nitrogen functional groups attached to an aromatic ring is 1. The summed E-state index contributed by atoms with van der Waals surface area (Å²) in [4.78, 5) is 25.9. The van der Waals surface area contributed by atoms with Crippen molar-refractivity contribution in [2.75, 3.05) is 51.0 Å². The van der Waals surface area contributed by atoms with Gasteiger partial charge in [0.2, 0.25) is 11.9 Å². The van der Waals surface area contributed by atoms with Gasteiger partial charge < -0.3 is 30.3 Å². The van der Waals surface area contributed by atoms with Crippen LogP contribution in [0.1, 0.15) is 39.0 Å². The van der Waals surface area contributed by atoms with Crippen LogP contribution in [0.4, 0.5) is 16.2 Å². The maximum Gasteiger partial charge on any atom is 0.228 e. The fourth-order valence-corrected chi connectivity index (χ4v) is 4.86. The molecule has 0 radical (unpaired) electrons. The minimum Gasteiger partial charge on any atom is -0.493 e. The Labute approximate surface area is 193 Å². The molecule has 3 heterocycles. The molecular formula is C23H33FN6O3. The summed E-state index contributed by atoms with van der Waals surface area (Å²) >= 11 is 0. The molecule has 1 aromatic carbocycles. The van der Waals surface area contributed by atoms with Gasteiger partial charge >= 0.3 is 0 Å². The molecule has 1 aromatic heterocycles. The molecule has 9 nitrogen and oxygen atoms in total. The lowest BCUT2D eigenvalue weighted by molar-refractivity contribution is -0.132. The number of rotatable bonds is 7. The van der Waals surface area contributed by atoms with Gasteiger partial charge in [0, 0.05) is 43.5 Å². The van der Waals surface area contributed by atoms with Gasteiger partial charge in [-0.1, -0.05) is 13.3 Å². The molecule has 0 aliphatic carbocycles. The van der Waals surface area contributed by atoms with Gasteiger partial charge in [-0.2, -0.15) is 4.98 Å². The second kappa shape index (κ2) is 9.94. The number of anilines is 2. The number of nitrogens with two attached hydrogens (primary N) is 1. The Morgan fingerprint density at radius 1 is 1.30 bits per heavy atom. The molecule has 2 atom stereocenters. The van der Waals surface area contributed by atoms with E-state index in [9.17, 15) is 4.79 Å². The van der Waals surface area contributed by atoms with Gasteiger partial charge in [0.25, 0.3) is 0 Å². The van der Waals surface area contributed by atoms with E-state index < -0.39 is 5.82 Å². The highest BCUT2D eigenvalue weighted by molar-refractivity contribution is 5.92. The summed E-state index contributed by atoms with van der Waals surface area (Å²) in [5.74, 6) is 0.308. The molecule has 180 valence electrons. The van der Waals surface area contributed by atoms with E-state index in [4.69, 9.17) is 15.2 Å². The smallest absolute Gasteiger partial charge is 0.228 e. The first-order chi connectivity index (χ1) is 16.0. The molecule has 0 unspecified atom stereocenters. The summed E-state index contributed by atoms with van der Waals surface area (Å²) in [6.45, 7) is 4.82. The highest BCUT2D eigenvalue weighted by Gasteiger charge is 2.32. The second-order valence-corrected chi connectivity index (χ2v) is 8.70. The van der Waals surface area contributed by atoms with E-state index in [2.05, 4.69) is 22.2 Å². The molecule has 0 bridgehead atoms. The standard InChI is InChI=1S/C23H33FN6O3/c1-4-6-15-13-29(18(31)11-14-7-5-8-26-14)9-10-30(15)23-27-20-16(22(25)28-23)12-17(32-2)21(33-3)19(20)24/h12,14-15,26H,4-11,13H2,1-3H3,(H2,25,27,28)/t14-,15-/m0/s1. The van der Waals surface area contributed by atoms with Gasteiger partial charge in [0.15, 0.2) is 17.3 Å². The number of amides is 1. The van der Waals surface area contributed by atoms with E-state index in [0.29, 0.717) is 37.4 Å². The predicted molar refractivity (Wildman–Crippen MR) is 125 cm³/mol. The number of nitrogens with one attached hydrogen (secondary N) is 1. The van der Waals surface area contributed by atoms with Crippen LogP contribution >= 0.6 is 0 Å². The lowest BCUT2D eigenvalue weighted by Gasteiger charge is -2.42. The maximum absolute atomic E-state index is 15.2. The van der Waals surface area contributed by atoms with Crippen molar-refractivity contribution in [3.63, 3.8) is 0 Å². The van der Waals surface area contributed by atoms with Crippen molar-refractivity contribution in [1.82, 2.24) is 20.2 Å². The van der Waals surface area contributed by atoms with Gasteiger partial charge in [0.05, 0.1) is 14.2 Å². The number of piperazine rings is 1. The van der Waals surface area contributed by atoms with Gasteiger partial charge in [-0.3, -0.25) is 4.79 Å². The van der Waals surface area contributed by atoms with Gasteiger partial charge in [-0.05, 0) is 31.9 Å². The third-order valence-corrected chi connectivity index (χ3v) is 6.59. The summed E-state index contributed by atoms with van der Waals surface area (Å²) in [6.07, 6.45) is 4.51. The van der Waals surface area contributed by atoms with Crippen LogP contribution in [-0.2, 0) is 4.79 Å². The number of hydrogen-bond donors (Lipinski definition) is 2. The van der Waals surface area contributed by atoms with Crippen LogP contribution in [0.5, 0.6) is 11.5 Å². The van der Waals surface area contributed by atoms with Crippen LogP contribution in [0.15, 0.2) is 6.07 Å². The summed E-state index contributed by atoms with van der Waals surface area (Å²) < 4.78 is 25.6. The molecule has 0 spiro atoms. The zero-order chi connectivity index (χ0) is 23.5. The summed E-state index contributed by atoms with van der Waals surface area (Å²) in [5, 5.41) is 3.77. The topological polar surface area (TPSA) is 106 Å². The number of fused-ring (bicyclic) bond motifs is 1. The van der Waals surface area contributed by atoms with E-state index in [1.807, 2.05) is 9.80 Å². The average molecular weight is 461 g/mol. The van der Waals surface area contributed by atoms with Crippen LogP contribution in [0.3, 0.4) is 0 Å². The minimum atomic E-state index is -0.632. The van der Waals surface area contributed by atoms with E-state index in [-0.39, 0.29) is 40.8 Å². The molecule has 10 heteroatoms. The van der Waals surface area contributed by atoms with Crippen LogP contribution in [-0.4, -0.2) is 73.3 Å². The molecule has 0 saturated carbocycles. The van der Waals surface area contributed by atoms with Gasteiger partial charge in [0.1, 0.15) is 11.3 Å². The molecule has 2 aliphatic rings. The number of benzene rings is 1. The largest absolute Gasteiger partial charge is 0.493 e. The molecule has 2 fully saturated rings. The molecular weight excluding hydrogens is 427 g/mol. The van der Waals surface area contributed by atoms with Crippen LogP contribution in [0, 0.1) is 5.82 Å². The molecule has 2 aliphatic heterocycles. The zero-order valence-corrected chi connectivity index (χ0v) is 19.6. The summed E-state index contributed by atoms with van der Waals surface area (Å²) in [7, 11) is 2.82. The fourth-order valence-electron chi connectivity index (χ4n) is 4.86. The molecule has 2 saturated heterocycles. The SMILES string of the molecule is CCC[C@H]1CN(C(=O)C[C@@H]2CCCN2)CCN1c1nc(N)c2cc(OC)c(OC)c(F)c2n1. The Morgan fingerprint density at radius 2 is 2.12 bits per heavy atom. The van der Waals surface area contributed by atoms with Crippen molar-refractivity contribution in [3.05, 3.63) is 11.9 Å². The Hall–Kier alpha value is -2.88. The zero-order valence-electron chi connectivity index (χ0n) is 19.6. The van der Waals surface area contributed by atoms with Crippen LogP contribution in [0.2, 0.25) is 0 Å². The number of ether oxygens (including phenoxy) is 2. The third kappa shape index (κ3) is 4.62. The first-order valence-electron chi connectivity index (χ1n) is 11.6. The average Bonchev–Trinajstić information content (AvgIpc) is 3.32. The van der Waals surface area contributed by atoms with Gasteiger partial charge in [-0.25, -0.2) is 9.37 Å². The van der Waals surface area contributed by atoms with Crippen molar-refractivity contribution < 1.29 is 18.7 Å². The highest BCUT2D eigenvalue weighted by atomic mass is 19.1. The first-order valence-corrected chi connectivity index (χ1v) is 11.6. The fraction of sp³-hybridized carbons (Fsp3) is 0.609. The third-order valence-electron chi connectivity index (χ3n) is 6.59. The molecule has 3 N–H and O–H groups in total. The van der Waals surface area contributed by atoms with Crippen LogP contribution < -0.4 is 25.4 Å². The van der Waals surface area contributed by atoms with Crippen molar-refractivity contribution in [3.8, 4) is 11.5 Å². The number of halogens is 1. The first kappa shape index (κ1) is 23.3. The molecule has 2 aromatic rings. The number of hydrogen-bond acceptors (Lipinski definition) is 8. The number of methoxy groups -OCH3 is 2. The van der Waals surface area contributed by atoms with E-state index in [0.717, 1.165) is 32.2 Å². The maximum atomic E-state index is 15.2. The highest BCUT2D eigenvalue weighted by Crippen LogP contribution is 2.38. The van der Waals surface area contributed by atoms with Crippen molar-refractivity contribution in [2.45, 2.75) is 51.1 Å². The van der Waals surface area contributed by atoms with Crippen LogP contribution in [0.25, 0.3) is 10.9 Å². The summed E-state index contributed by atoms with van der Waals surface area (Å²) in [6, 6.07) is 1.90. The Balaban J connectivity index is 1.61. The van der Waals surface area contributed by atoms with E-state index in [1.165, 1.54) is 14.2 Å². The van der Waals surface area contributed by atoms with E-state index >= 15 is 4.39 Å². The Morgan fingerprint density at radius 3 is 2.79 bits per heavy atom. The number of carbonyl (C=O) groups excluding carboxylic acids is 1. The molecule has 4 rings (SSSR count). The van der Waals surface area contributed by atoms with Crippen molar-refractivity contribution in [2.24, 2.45) is 0 Å². The Bertz CT molecular complexity index is 1010. The summed E-state index contributed by atoms with van der Waals surface area (Å²) in [5.41, 5.74) is 6.32. The number of aromatic nitrogens is 2. The lowest BCUT2D eigenvalue weighted by Crippen LogP contribution is -2.56. The van der Waals surface area contributed by atoms with Gasteiger partial charge in [-0.15, -0.1) is 0 Å². The second-order valence-electron chi connectivity index (χ2n) is 8.70. The molecule has 1 amide bonds. The molecule has 33 heavy (non-hydrogen) atoms. The quantitative estimate of drug-likeness (QED) is 0.649.